The molecular formula is C63H73Cs2IN20O21. The number of imide groups is 4. The molecule has 4 aromatic heterocycles. The summed E-state index contributed by atoms with van der Waals surface area (Å²) in [4.78, 5) is 163. The Morgan fingerprint density at radius 2 is 0.907 bits per heavy atom. The molecule has 4 saturated heterocycles. The maximum atomic E-state index is 12.6. The maximum Gasteiger partial charge on any atom is 1.00 e. The minimum absolute atomic E-state index is 0. The number of nitro groups is 3. The molecule has 0 bridgehead atoms. The van der Waals surface area contributed by atoms with Gasteiger partial charge in [0.1, 0.15) is 33.0 Å². The molecule has 8 heterocycles. The molecule has 0 aliphatic carbocycles. The summed E-state index contributed by atoms with van der Waals surface area (Å²) in [6.07, 6.45) is 1.57. The van der Waals surface area contributed by atoms with Crippen molar-refractivity contribution in [2.75, 3.05) is 48.6 Å². The zero-order chi connectivity index (χ0) is 77.7. The number of amides is 8. The fraction of sp³-hybridized carbons (Fsp3) is 0.381. The zero-order valence-corrected chi connectivity index (χ0v) is 74.6. The number of aromatic amines is 2. The van der Waals surface area contributed by atoms with Crippen molar-refractivity contribution in [3.05, 3.63) is 107 Å². The Kier molecular flexibility index (Phi) is 32.9. The van der Waals surface area contributed by atoms with Gasteiger partial charge >= 0.3 is 150 Å². The summed E-state index contributed by atoms with van der Waals surface area (Å²) < 4.78 is 13.2. The van der Waals surface area contributed by atoms with Crippen molar-refractivity contribution in [3.8, 4) is 0 Å². The number of rotatable bonds is 11. The molecule has 41 nitrogen and oxygen atoms in total. The summed E-state index contributed by atoms with van der Waals surface area (Å²) in [5, 5.41) is 78.3. The first kappa shape index (κ1) is 89.5. The molecule has 0 saturated carbocycles. The molecule has 4 unspecified atom stereocenters. The molecule has 8 aromatic rings. The fourth-order valence-electron chi connectivity index (χ4n) is 10.8. The summed E-state index contributed by atoms with van der Waals surface area (Å²) in [5.74, 6) is -0.881. The van der Waals surface area contributed by atoms with E-state index in [2.05, 4.69) is 62.1 Å². The van der Waals surface area contributed by atoms with Crippen molar-refractivity contribution in [1.82, 2.24) is 66.5 Å². The number of nitrogens with one attached hydrogen (secondary N) is 7. The molecular weight excluding hydrogens is 1770 g/mol. The van der Waals surface area contributed by atoms with E-state index in [1.165, 1.54) is 42.5 Å². The Hall–Kier alpha value is -8.12. The number of carbonyl (C=O) groups is 11. The molecule has 560 valence electrons. The van der Waals surface area contributed by atoms with Crippen LogP contribution in [-0.4, -0.2) is 184 Å². The van der Waals surface area contributed by atoms with Crippen LogP contribution in [0.1, 0.15) is 94.3 Å². The monoisotopic (exact) mass is 1840 g/mol. The second kappa shape index (κ2) is 39.3. The molecule has 4 aliphatic heterocycles. The number of hydrogen-bond donors (Lipinski definition) is 8. The van der Waals surface area contributed by atoms with Gasteiger partial charge in [0.2, 0.25) is 47.3 Å². The number of fused-ring (bicyclic) bond motifs is 4. The first-order valence-electron chi connectivity index (χ1n) is 31.6. The normalized spacial score (nSPS) is 16.8. The molecule has 9 N–H and O–H groups in total. The molecule has 44 heteroatoms. The Bertz CT molecular complexity index is 4750. The predicted octanol–water partition coefficient (Wildman–Crippen LogP) is -2.03. The van der Waals surface area contributed by atoms with Gasteiger partial charge in [0, 0.05) is 110 Å². The van der Waals surface area contributed by atoms with Crippen molar-refractivity contribution in [3.63, 3.8) is 0 Å². The molecule has 12 rings (SSSR count). The minimum atomic E-state index is -0.800. The van der Waals surface area contributed by atoms with E-state index in [1.807, 2.05) is 28.7 Å². The standard InChI is InChI=1S/C18H21N5O6.C13H13N5O4.C13H15N5O2.C12H12IN3O4.C6H10N2O2.CH2O3.2Cs.H/c1-18(2,3)29-17(26)22-13-9-10(23(27)28)5-6-11(13)15(20-22)21(4)12-7-8-14(24)19-16(12)25;1-17(10-4-5-11(19)14-13(10)20)12-8-3-2-7(18(21)22)6-9(8)15-16-12;1-18(10-4-5-11(19)15-13(10)20)12-8-3-2-7(14)6-9(8)16-17-12;1-12(2,3)20-11(17)15-9-6-7(16(18)19)4-5-8(9)10(13)14-15;1-7-4-2-3-5(9)8-6(4)10;2-1-4-3;;;/h5-6,9,12H,7-8H2,1-4H3,(H,19,24,25);2-3,6,10H,4-5H2,1H3,(H,15,16)(H,14,19,20);2-3,6,10H,4-5,14H2,1H3,(H,16,17)(H,15,19,20);4-6H,1-3H3;4,7H,2-3H2,1H3,(H,8,9,10);1,3H;;;/q;;;;;;2*+1;-1/p-1. The Balaban J connectivity index is 0.000000287. The van der Waals surface area contributed by atoms with Gasteiger partial charge in [-0.15, -0.1) is 5.10 Å². The number of benzene rings is 4. The number of anilines is 4. The van der Waals surface area contributed by atoms with Crippen LogP contribution >= 0.6 is 22.6 Å². The van der Waals surface area contributed by atoms with Crippen LogP contribution < -0.4 is 190 Å². The van der Waals surface area contributed by atoms with Crippen molar-refractivity contribution >= 4 is 172 Å². The number of ether oxygens (including phenoxy) is 2. The molecule has 107 heavy (non-hydrogen) atoms. The molecule has 4 aliphatic rings. The molecule has 4 atom stereocenters. The second-order valence-corrected chi connectivity index (χ2v) is 26.4. The average molecular weight is 1840 g/mol. The Labute approximate surface area is 739 Å². The largest absolute Gasteiger partial charge is 1.00 e. The van der Waals surface area contributed by atoms with E-state index in [-0.39, 0.29) is 241 Å². The molecule has 4 fully saturated rings. The number of piperidine rings is 4. The van der Waals surface area contributed by atoms with Gasteiger partial charge in [-0.2, -0.15) is 24.7 Å². The molecule has 4 aromatic carbocycles. The smallest absolute Gasteiger partial charge is 1.00 e. The number of nitro benzene ring substituents is 3. The van der Waals surface area contributed by atoms with Gasteiger partial charge in [0.15, 0.2) is 17.5 Å². The van der Waals surface area contributed by atoms with Crippen LogP contribution in [0.2, 0.25) is 0 Å². The number of nitrogens with zero attached hydrogens (tertiary/aromatic N) is 12. The number of nitrogens with two attached hydrogens (primary N) is 1. The maximum absolute atomic E-state index is 12.6. The van der Waals surface area contributed by atoms with Crippen LogP contribution in [0.25, 0.3) is 43.6 Å². The number of carbonyl (C=O) groups excluding carboxylic acids is 11. The van der Waals surface area contributed by atoms with Gasteiger partial charge in [0.25, 0.3) is 23.5 Å². The average Bonchev–Trinajstić information content (AvgIpc) is 1.61. The van der Waals surface area contributed by atoms with Crippen molar-refractivity contribution in [2.45, 2.75) is 128 Å². The number of nitrogen functional groups attached to an aromatic ring is 1. The third kappa shape index (κ3) is 23.7. The third-order valence-electron chi connectivity index (χ3n) is 15.8. The summed E-state index contributed by atoms with van der Waals surface area (Å²) >= 11 is 1.97. The number of aromatic nitrogens is 8. The number of hydrogen-bond acceptors (Lipinski definition) is 30. The van der Waals surface area contributed by atoms with Crippen LogP contribution in [-0.2, 0) is 57.5 Å². The zero-order valence-electron chi connectivity index (χ0n) is 60.9. The van der Waals surface area contributed by atoms with Crippen molar-refractivity contribution in [1.29, 1.82) is 0 Å². The van der Waals surface area contributed by atoms with E-state index in [9.17, 15) is 78.3 Å². The SMILES string of the molecule is CC(C)(C)OC(=O)n1nc(I)c2ccc([N+](=O)[O-])cc21.CN(c1n[nH]c2cc(N)ccc12)C1CCC(=O)NC1=O.CN(c1n[nH]c2cc([N+](=O)[O-])ccc12)C1CCC(=O)NC1=O.CN(c1nn(C(=O)OC(C)(C)C)c2cc([N+](=O)[O-])ccc12)C1CCC(=O)NC1=O.CNC1CCC(=O)NC1=O.O=CO[O-].[Cs+].[Cs+].[H-]. The fourth-order valence-corrected chi connectivity index (χ4v) is 11.4. The van der Waals surface area contributed by atoms with Crippen LogP contribution in [0.3, 0.4) is 0 Å². The van der Waals surface area contributed by atoms with E-state index < -0.39 is 62.2 Å². The number of likely N-dealkylation sites (N-methyl/N-ethyl adjacent to an activating group) is 4. The number of halogens is 1. The molecule has 8 amide bonds. The summed E-state index contributed by atoms with van der Waals surface area (Å²) in [6, 6.07) is 16.3. The van der Waals surface area contributed by atoms with E-state index in [1.54, 1.807) is 109 Å². The quantitative estimate of drug-likeness (QED) is 0.0132. The van der Waals surface area contributed by atoms with E-state index in [0.717, 1.165) is 20.3 Å². The van der Waals surface area contributed by atoms with Gasteiger partial charge in [0.05, 0.1) is 42.9 Å². The topological polar surface area (TPSA) is 557 Å². The summed E-state index contributed by atoms with van der Waals surface area (Å²) in [7, 11) is 6.83. The summed E-state index contributed by atoms with van der Waals surface area (Å²) in [6.45, 7) is 10.1. The van der Waals surface area contributed by atoms with Crippen LogP contribution in [0.5, 0.6) is 0 Å². The van der Waals surface area contributed by atoms with Crippen LogP contribution in [0, 0.1) is 34.0 Å². The van der Waals surface area contributed by atoms with Crippen molar-refractivity contribution in [2.24, 2.45) is 0 Å². The Morgan fingerprint density at radius 3 is 1.29 bits per heavy atom. The predicted molar refractivity (Wildman–Crippen MR) is 379 cm³/mol. The van der Waals surface area contributed by atoms with Gasteiger partial charge < -0.3 is 46.8 Å². The van der Waals surface area contributed by atoms with E-state index >= 15 is 0 Å². The second-order valence-electron chi connectivity index (χ2n) is 25.4. The first-order valence-corrected chi connectivity index (χ1v) is 32.7. The minimum Gasteiger partial charge on any atom is -1.00 e. The van der Waals surface area contributed by atoms with E-state index in [0.29, 0.717) is 80.3 Å². The van der Waals surface area contributed by atoms with Gasteiger partial charge in [-0.05, 0) is 133 Å². The molecule has 0 spiro atoms. The Morgan fingerprint density at radius 1 is 0.561 bits per heavy atom. The van der Waals surface area contributed by atoms with Crippen molar-refractivity contribution < 1.29 is 226 Å². The number of H-pyrrole nitrogens is 2. The third-order valence-corrected chi connectivity index (χ3v) is 16.6. The van der Waals surface area contributed by atoms with Gasteiger partial charge in [-0.3, -0.25) is 105 Å². The van der Waals surface area contributed by atoms with E-state index in [4.69, 9.17) is 25.3 Å². The van der Waals surface area contributed by atoms with Gasteiger partial charge in [-0.25, -0.2) is 9.59 Å². The molecule has 0 radical (unpaired) electrons. The first-order chi connectivity index (χ1) is 49.3. The van der Waals surface area contributed by atoms with Crippen LogP contribution in [0.15, 0.2) is 72.8 Å². The summed E-state index contributed by atoms with van der Waals surface area (Å²) in [5.41, 5.74) is 6.44. The van der Waals surface area contributed by atoms with Crippen LogP contribution in [0.4, 0.5) is 49.8 Å². The number of non-ortho nitro benzene ring substituents is 3. The van der Waals surface area contributed by atoms with Gasteiger partial charge in [-0.1, -0.05) is 0 Å².